The Balaban J connectivity index is 1.94. The second-order valence-corrected chi connectivity index (χ2v) is 5.62. The average molecular weight is 289 g/mol. The van der Waals surface area contributed by atoms with Gasteiger partial charge in [0.15, 0.2) is 0 Å². The first-order chi connectivity index (χ1) is 10.7. The minimum Gasteiger partial charge on any atom is -0.337 e. The van der Waals surface area contributed by atoms with Crippen molar-refractivity contribution in [1.29, 1.82) is 0 Å². The van der Waals surface area contributed by atoms with Gasteiger partial charge in [0.1, 0.15) is 0 Å². The fourth-order valence-electron chi connectivity index (χ4n) is 2.77. The summed E-state index contributed by atoms with van der Waals surface area (Å²) >= 11 is 0. The fourth-order valence-corrected chi connectivity index (χ4v) is 2.77. The van der Waals surface area contributed by atoms with E-state index < -0.39 is 0 Å². The van der Waals surface area contributed by atoms with Crippen molar-refractivity contribution in [3.63, 3.8) is 0 Å². The molecule has 0 N–H and O–H groups in total. The molecule has 2 nitrogen and oxygen atoms in total. The van der Waals surface area contributed by atoms with Crippen LogP contribution in [0.4, 0.5) is 0 Å². The summed E-state index contributed by atoms with van der Waals surface area (Å²) in [5, 5.41) is 2.16. The van der Waals surface area contributed by atoms with Crippen LogP contribution in [-0.4, -0.2) is 17.9 Å². The number of hydrogen-bond acceptors (Lipinski definition) is 1. The van der Waals surface area contributed by atoms with Gasteiger partial charge in [-0.25, -0.2) is 0 Å². The number of hydrogen-bond donors (Lipinski definition) is 0. The lowest BCUT2D eigenvalue weighted by atomic mass is 9.99. The minimum absolute atomic E-state index is 0.0556. The zero-order valence-electron chi connectivity index (χ0n) is 12.9. The normalized spacial score (nSPS) is 10.6. The highest BCUT2D eigenvalue weighted by Crippen LogP contribution is 2.23. The summed E-state index contributed by atoms with van der Waals surface area (Å²) in [5.74, 6) is 0.0556. The van der Waals surface area contributed by atoms with Crippen molar-refractivity contribution in [2.75, 3.05) is 7.05 Å². The molecule has 0 saturated heterocycles. The Kier molecular flexibility index (Phi) is 3.92. The predicted molar refractivity (Wildman–Crippen MR) is 90.9 cm³/mol. The topological polar surface area (TPSA) is 20.3 Å². The second-order valence-electron chi connectivity index (χ2n) is 5.62. The van der Waals surface area contributed by atoms with Crippen molar-refractivity contribution in [2.45, 2.75) is 13.5 Å². The summed E-state index contributed by atoms with van der Waals surface area (Å²) in [5.41, 5.74) is 3.09. The fraction of sp³-hybridized carbons (Fsp3) is 0.150. The molecule has 0 aromatic heterocycles. The number of fused-ring (bicyclic) bond motifs is 1. The van der Waals surface area contributed by atoms with E-state index >= 15 is 0 Å². The average Bonchev–Trinajstić information content (AvgIpc) is 2.56. The zero-order valence-corrected chi connectivity index (χ0v) is 12.9. The van der Waals surface area contributed by atoms with Gasteiger partial charge < -0.3 is 4.90 Å². The van der Waals surface area contributed by atoms with Gasteiger partial charge in [-0.1, -0.05) is 60.7 Å². The van der Waals surface area contributed by atoms with Gasteiger partial charge >= 0.3 is 0 Å². The van der Waals surface area contributed by atoms with Gasteiger partial charge in [-0.3, -0.25) is 4.79 Å². The molecule has 0 fully saturated rings. The Morgan fingerprint density at radius 2 is 1.50 bits per heavy atom. The highest BCUT2D eigenvalue weighted by molar-refractivity contribution is 6.07. The highest BCUT2D eigenvalue weighted by atomic mass is 16.2. The van der Waals surface area contributed by atoms with E-state index in [4.69, 9.17) is 0 Å². The molecule has 2 heteroatoms. The third-order valence-electron chi connectivity index (χ3n) is 3.98. The first-order valence-corrected chi connectivity index (χ1v) is 7.44. The largest absolute Gasteiger partial charge is 0.337 e. The predicted octanol–water partition coefficient (Wildman–Crippen LogP) is 4.42. The summed E-state index contributed by atoms with van der Waals surface area (Å²) in [7, 11) is 1.85. The van der Waals surface area contributed by atoms with E-state index in [1.165, 1.54) is 5.56 Å². The van der Waals surface area contributed by atoms with E-state index in [2.05, 4.69) is 13.0 Å². The van der Waals surface area contributed by atoms with Gasteiger partial charge in [-0.2, -0.15) is 0 Å². The van der Waals surface area contributed by atoms with Crippen molar-refractivity contribution in [1.82, 2.24) is 4.90 Å². The molecular weight excluding hydrogens is 270 g/mol. The van der Waals surface area contributed by atoms with Crippen LogP contribution in [0.1, 0.15) is 21.5 Å². The van der Waals surface area contributed by atoms with E-state index in [-0.39, 0.29) is 5.91 Å². The van der Waals surface area contributed by atoms with Gasteiger partial charge in [0.05, 0.1) is 0 Å². The number of benzene rings is 3. The van der Waals surface area contributed by atoms with Gasteiger partial charge in [-0.05, 0) is 34.9 Å². The molecule has 3 aromatic rings. The lowest BCUT2D eigenvalue weighted by molar-refractivity contribution is 0.0787. The van der Waals surface area contributed by atoms with Crippen LogP contribution in [0.3, 0.4) is 0 Å². The van der Waals surface area contributed by atoms with Crippen molar-refractivity contribution >= 4 is 16.7 Å². The molecule has 0 aliphatic heterocycles. The van der Waals surface area contributed by atoms with Crippen LogP contribution in [0.2, 0.25) is 0 Å². The molecule has 0 heterocycles. The SMILES string of the molecule is Cc1ccc(C(=O)N(C)Cc2ccccc2)c2ccccc12. The monoisotopic (exact) mass is 289 g/mol. The lowest BCUT2D eigenvalue weighted by Crippen LogP contribution is -2.26. The van der Waals surface area contributed by atoms with Crippen LogP contribution in [0.5, 0.6) is 0 Å². The Morgan fingerprint density at radius 1 is 0.864 bits per heavy atom. The molecule has 0 bridgehead atoms. The summed E-state index contributed by atoms with van der Waals surface area (Å²) in [4.78, 5) is 14.6. The standard InChI is InChI=1S/C20H19NO/c1-15-12-13-19(18-11-7-6-10-17(15)18)20(22)21(2)14-16-8-4-3-5-9-16/h3-13H,14H2,1-2H3. The van der Waals surface area contributed by atoms with Crippen molar-refractivity contribution in [3.8, 4) is 0 Å². The van der Waals surface area contributed by atoms with E-state index in [1.807, 2.05) is 67.7 Å². The van der Waals surface area contributed by atoms with E-state index in [1.54, 1.807) is 4.90 Å². The lowest BCUT2D eigenvalue weighted by Gasteiger charge is -2.19. The van der Waals surface area contributed by atoms with Gasteiger partial charge in [0.25, 0.3) is 5.91 Å². The van der Waals surface area contributed by atoms with Gasteiger partial charge in [0, 0.05) is 19.2 Å². The maximum atomic E-state index is 12.8. The Labute approximate surface area is 131 Å². The molecule has 1 amide bonds. The summed E-state index contributed by atoms with van der Waals surface area (Å²) in [6.45, 7) is 2.69. The van der Waals surface area contributed by atoms with Crippen molar-refractivity contribution in [2.24, 2.45) is 0 Å². The third-order valence-corrected chi connectivity index (χ3v) is 3.98. The van der Waals surface area contributed by atoms with Crippen molar-refractivity contribution in [3.05, 3.63) is 83.4 Å². The Hall–Kier alpha value is -2.61. The third kappa shape index (κ3) is 2.73. The molecule has 0 radical (unpaired) electrons. The van der Waals surface area contributed by atoms with Crippen LogP contribution in [-0.2, 0) is 6.54 Å². The van der Waals surface area contributed by atoms with Crippen LogP contribution in [0.15, 0.2) is 66.7 Å². The number of aryl methyl sites for hydroxylation is 1. The number of carbonyl (C=O) groups excluding carboxylic acids is 1. The number of carbonyl (C=O) groups is 1. The molecule has 0 aliphatic carbocycles. The molecule has 0 spiro atoms. The Bertz CT molecular complexity index is 808. The van der Waals surface area contributed by atoms with Crippen LogP contribution < -0.4 is 0 Å². The molecule has 110 valence electrons. The zero-order chi connectivity index (χ0) is 15.5. The van der Waals surface area contributed by atoms with Crippen LogP contribution in [0, 0.1) is 6.92 Å². The van der Waals surface area contributed by atoms with E-state index in [9.17, 15) is 4.79 Å². The summed E-state index contributed by atoms with van der Waals surface area (Å²) in [6, 6.07) is 22.1. The maximum Gasteiger partial charge on any atom is 0.254 e. The van der Waals surface area contributed by atoms with Gasteiger partial charge in [0.2, 0.25) is 0 Å². The second kappa shape index (κ2) is 6.02. The molecule has 0 saturated carbocycles. The molecule has 22 heavy (non-hydrogen) atoms. The minimum atomic E-state index is 0.0556. The number of rotatable bonds is 3. The first-order valence-electron chi connectivity index (χ1n) is 7.44. The van der Waals surface area contributed by atoms with E-state index in [0.29, 0.717) is 6.54 Å². The Morgan fingerprint density at radius 3 is 2.23 bits per heavy atom. The summed E-state index contributed by atoms with van der Waals surface area (Å²) in [6.07, 6.45) is 0. The molecule has 0 aliphatic rings. The molecule has 3 aromatic carbocycles. The maximum absolute atomic E-state index is 12.8. The van der Waals surface area contributed by atoms with E-state index in [0.717, 1.165) is 21.9 Å². The molecule has 0 atom stereocenters. The van der Waals surface area contributed by atoms with Gasteiger partial charge in [-0.15, -0.1) is 0 Å². The smallest absolute Gasteiger partial charge is 0.254 e. The molecule has 3 rings (SSSR count). The highest BCUT2D eigenvalue weighted by Gasteiger charge is 2.15. The van der Waals surface area contributed by atoms with Crippen LogP contribution >= 0.6 is 0 Å². The first kappa shape index (κ1) is 14.3. The molecular formula is C20H19NO. The quantitative estimate of drug-likeness (QED) is 0.699. The van der Waals surface area contributed by atoms with Crippen molar-refractivity contribution < 1.29 is 4.79 Å². The number of nitrogens with zero attached hydrogens (tertiary/aromatic N) is 1. The van der Waals surface area contributed by atoms with Crippen LogP contribution in [0.25, 0.3) is 10.8 Å². The summed E-state index contributed by atoms with van der Waals surface area (Å²) < 4.78 is 0. The number of amides is 1. The molecule has 0 unspecified atom stereocenters.